The molecule has 0 unspecified atom stereocenters. The Kier molecular flexibility index (Phi) is 5.62. The normalized spacial score (nSPS) is 17.4. The van der Waals surface area contributed by atoms with Crippen LogP contribution in [-0.2, 0) is 0 Å². The Morgan fingerprint density at radius 3 is 2.17 bits per heavy atom. The summed E-state index contributed by atoms with van der Waals surface area (Å²) in [6.45, 7) is 5.08. The number of hydrogen-bond donors (Lipinski definition) is 1. The van der Waals surface area contributed by atoms with Crippen LogP contribution >= 0.6 is 0 Å². The van der Waals surface area contributed by atoms with Crippen LogP contribution in [0.1, 0.15) is 22.0 Å². The second-order valence-corrected chi connectivity index (χ2v) is 6.41. The van der Waals surface area contributed by atoms with Crippen molar-refractivity contribution in [2.24, 2.45) is 0 Å². The lowest BCUT2D eigenvalue weighted by Gasteiger charge is -2.35. The molecule has 4 heteroatoms. The number of piperazine rings is 1. The van der Waals surface area contributed by atoms with Crippen LogP contribution in [0.15, 0.2) is 60.7 Å². The minimum absolute atomic E-state index is 0.00214. The molecule has 1 aliphatic rings. The minimum Gasteiger partial charge on any atom is -0.344 e. The van der Waals surface area contributed by atoms with Crippen molar-refractivity contribution in [3.63, 3.8) is 0 Å². The van der Waals surface area contributed by atoms with Gasteiger partial charge in [0, 0.05) is 38.3 Å². The number of carbonyl (C=O) groups excluding carboxylic acids is 1. The molecule has 0 radical (unpaired) electrons. The summed E-state index contributed by atoms with van der Waals surface area (Å²) in [6, 6.07) is 19.7. The van der Waals surface area contributed by atoms with Crippen LogP contribution in [0.4, 0.5) is 0 Å². The molecule has 0 bridgehead atoms. The number of nitrogens with one attached hydrogen (secondary N) is 1. The molecule has 0 aromatic heterocycles. The quantitative estimate of drug-likeness (QED) is 0.918. The van der Waals surface area contributed by atoms with Gasteiger partial charge in [-0.3, -0.25) is 9.69 Å². The highest BCUT2D eigenvalue weighted by Gasteiger charge is 2.21. The number of hydrogen-bond acceptors (Lipinski definition) is 3. The number of amides is 1. The topological polar surface area (TPSA) is 35.6 Å². The van der Waals surface area contributed by atoms with Crippen LogP contribution in [0.25, 0.3) is 0 Å². The van der Waals surface area contributed by atoms with E-state index in [1.165, 1.54) is 0 Å². The first-order valence-electron chi connectivity index (χ1n) is 8.54. The maximum atomic E-state index is 12.6. The fourth-order valence-electron chi connectivity index (χ4n) is 3.04. The molecule has 1 heterocycles. The number of rotatable bonds is 5. The Labute approximate surface area is 144 Å². The van der Waals surface area contributed by atoms with Gasteiger partial charge in [-0.1, -0.05) is 48.5 Å². The maximum absolute atomic E-state index is 12.6. The van der Waals surface area contributed by atoms with Crippen LogP contribution in [0.5, 0.6) is 0 Å². The molecular weight excluding hydrogens is 298 g/mol. The van der Waals surface area contributed by atoms with Gasteiger partial charge in [-0.05, 0) is 24.7 Å². The van der Waals surface area contributed by atoms with Gasteiger partial charge < -0.3 is 10.2 Å². The predicted octanol–water partition coefficient (Wildman–Crippen LogP) is 2.41. The van der Waals surface area contributed by atoms with E-state index in [1.54, 1.807) is 0 Å². The van der Waals surface area contributed by atoms with Crippen molar-refractivity contribution >= 4 is 5.91 Å². The second-order valence-electron chi connectivity index (χ2n) is 6.41. The lowest BCUT2D eigenvalue weighted by atomic mass is 10.0. The first-order chi connectivity index (χ1) is 11.7. The van der Waals surface area contributed by atoms with Crippen LogP contribution in [0, 0.1) is 0 Å². The van der Waals surface area contributed by atoms with Crippen molar-refractivity contribution in [1.29, 1.82) is 0 Å². The van der Waals surface area contributed by atoms with Gasteiger partial charge in [-0.25, -0.2) is 0 Å². The van der Waals surface area contributed by atoms with Crippen LogP contribution in [0.3, 0.4) is 0 Å². The predicted molar refractivity (Wildman–Crippen MR) is 97.0 cm³/mol. The Morgan fingerprint density at radius 2 is 1.54 bits per heavy atom. The summed E-state index contributed by atoms with van der Waals surface area (Å²) >= 11 is 0. The van der Waals surface area contributed by atoms with Gasteiger partial charge in [0.2, 0.25) is 0 Å². The van der Waals surface area contributed by atoms with Gasteiger partial charge in [-0.15, -0.1) is 0 Å². The SMILES string of the molecule is CN1CCN(C[C@H](NC(=O)c2ccccc2)c2ccccc2)CC1. The molecule has 2 aromatic rings. The zero-order valence-corrected chi connectivity index (χ0v) is 14.2. The van der Waals surface area contributed by atoms with Crippen LogP contribution in [0.2, 0.25) is 0 Å². The van der Waals surface area contributed by atoms with Crippen molar-refractivity contribution in [2.75, 3.05) is 39.8 Å². The first-order valence-corrected chi connectivity index (χ1v) is 8.54. The molecule has 1 amide bonds. The van der Waals surface area contributed by atoms with Crippen molar-refractivity contribution < 1.29 is 4.79 Å². The smallest absolute Gasteiger partial charge is 0.251 e. The largest absolute Gasteiger partial charge is 0.344 e. The van der Waals surface area contributed by atoms with Crippen molar-refractivity contribution in [2.45, 2.75) is 6.04 Å². The molecule has 1 saturated heterocycles. The van der Waals surface area contributed by atoms with E-state index < -0.39 is 0 Å². The van der Waals surface area contributed by atoms with Gasteiger partial charge >= 0.3 is 0 Å². The van der Waals surface area contributed by atoms with E-state index in [-0.39, 0.29) is 11.9 Å². The van der Waals surface area contributed by atoms with E-state index in [2.05, 4.69) is 34.3 Å². The molecule has 4 nitrogen and oxygen atoms in total. The third kappa shape index (κ3) is 4.43. The molecule has 126 valence electrons. The van der Waals surface area contributed by atoms with Gasteiger partial charge in [0.15, 0.2) is 0 Å². The summed E-state index contributed by atoms with van der Waals surface area (Å²) in [7, 11) is 2.16. The number of likely N-dealkylation sites (N-methyl/N-ethyl adjacent to an activating group) is 1. The van der Waals surface area contributed by atoms with E-state index in [4.69, 9.17) is 0 Å². The van der Waals surface area contributed by atoms with Gasteiger partial charge in [0.05, 0.1) is 6.04 Å². The molecule has 0 aliphatic carbocycles. The van der Waals surface area contributed by atoms with Crippen LogP contribution in [-0.4, -0.2) is 55.5 Å². The fraction of sp³-hybridized carbons (Fsp3) is 0.350. The minimum atomic E-state index is -0.0152. The average Bonchev–Trinajstić information content (AvgIpc) is 2.64. The lowest BCUT2D eigenvalue weighted by Crippen LogP contribution is -2.47. The Bertz CT molecular complexity index is 636. The lowest BCUT2D eigenvalue weighted by molar-refractivity contribution is 0.0907. The molecule has 1 aliphatic heterocycles. The molecule has 1 N–H and O–H groups in total. The van der Waals surface area contributed by atoms with E-state index in [0.717, 1.165) is 38.3 Å². The highest BCUT2D eigenvalue weighted by atomic mass is 16.1. The molecule has 0 saturated carbocycles. The number of nitrogens with zero attached hydrogens (tertiary/aromatic N) is 2. The zero-order valence-electron chi connectivity index (χ0n) is 14.2. The highest BCUT2D eigenvalue weighted by molar-refractivity contribution is 5.94. The maximum Gasteiger partial charge on any atom is 0.251 e. The monoisotopic (exact) mass is 323 g/mol. The third-order valence-electron chi connectivity index (χ3n) is 4.58. The Hall–Kier alpha value is -2.17. The van der Waals surface area contributed by atoms with Gasteiger partial charge in [0.1, 0.15) is 0 Å². The average molecular weight is 323 g/mol. The molecular formula is C20H25N3O. The van der Waals surface area contributed by atoms with E-state index in [0.29, 0.717) is 5.56 Å². The van der Waals surface area contributed by atoms with Crippen LogP contribution < -0.4 is 5.32 Å². The van der Waals surface area contributed by atoms with Gasteiger partial charge in [0.25, 0.3) is 5.91 Å². The van der Waals surface area contributed by atoms with Gasteiger partial charge in [-0.2, -0.15) is 0 Å². The summed E-state index contributed by atoms with van der Waals surface area (Å²) in [5, 5.41) is 3.21. The third-order valence-corrected chi connectivity index (χ3v) is 4.58. The molecule has 1 fully saturated rings. The molecule has 24 heavy (non-hydrogen) atoms. The highest BCUT2D eigenvalue weighted by Crippen LogP contribution is 2.16. The molecule has 1 atom stereocenters. The van der Waals surface area contributed by atoms with Crippen molar-refractivity contribution in [3.05, 3.63) is 71.8 Å². The van der Waals surface area contributed by atoms with E-state index >= 15 is 0 Å². The number of carbonyl (C=O) groups is 1. The summed E-state index contributed by atoms with van der Waals surface area (Å²) in [6.07, 6.45) is 0. The van der Waals surface area contributed by atoms with E-state index in [9.17, 15) is 4.79 Å². The zero-order chi connectivity index (χ0) is 16.8. The molecule has 0 spiro atoms. The molecule has 2 aromatic carbocycles. The van der Waals surface area contributed by atoms with Crippen molar-refractivity contribution in [3.8, 4) is 0 Å². The Balaban J connectivity index is 1.71. The first kappa shape index (κ1) is 16.7. The molecule has 3 rings (SSSR count). The number of benzene rings is 2. The van der Waals surface area contributed by atoms with E-state index in [1.807, 2.05) is 48.5 Å². The Morgan fingerprint density at radius 1 is 0.958 bits per heavy atom. The second kappa shape index (κ2) is 8.08. The summed E-state index contributed by atoms with van der Waals surface area (Å²) in [4.78, 5) is 17.4. The van der Waals surface area contributed by atoms with Crippen molar-refractivity contribution in [1.82, 2.24) is 15.1 Å². The standard InChI is InChI=1S/C20H25N3O/c1-22-12-14-23(15-13-22)16-19(17-8-4-2-5-9-17)21-20(24)18-10-6-3-7-11-18/h2-11,19H,12-16H2,1H3,(H,21,24)/t19-/m0/s1. The fourth-order valence-corrected chi connectivity index (χ4v) is 3.04. The summed E-state index contributed by atoms with van der Waals surface area (Å²) in [5.41, 5.74) is 1.86. The summed E-state index contributed by atoms with van der Waals surface area (Å²) in [5.74, 6) is -0.0152. The summed E-state index contributed by atoms with van der Waals surface area (Å²) < 4.78 is 0.